The quantitative estimate of drug-likeness (QED) is 0.438. The van der Waals surface area contributed by atoms with Crippen LogP contribution in [0.2, 0.25) is 0 Å². The molecule has 0 bridgehead atoms. The number of rotatable bonds is 4. The second kappa shape index (κ2) is 8.03. The first kappa shape index (κ1) is 18.6. The molecule has 0 aliphatic heterocycles. The van der Waals surface area contributed by atoms with Crippen LogP contribution in [0.1, 0.15) is 5.56 Å². The van der Waals surface area contributed by atoms with E-state index in [1.165, 1.54) is 6.20 Å². The molecule has 0 saturated carbocycles. The Morgan fingerprint density at radius 1 is 1.08 bits per heavy atom. The molecule has 9 heteroatoms. The number of hydrogen-bond acceptors (Lipinski definition) is 6. The first-order valence-corrected chi connectivity index (χ1v) is 9.56. The number of nitrogen functional groups attached to an aromatic ring is 1. The van der Waals surface area contributed by atoms with Crippen molar-refractivity contribution < 1.29 is 4.74 Å². The molecular formula is C17H10Br3N5O. The van der Waals surface area contributed by atoms with Gasteiger partial charge in [0.05, 0.1) is 32.5 Å². The number of hydrogen-bond donors (Lipinski definition) is 2. The predicted molar refractivity (Wildman–Crippen MR) is 111 cm³/mol. The summed E-state index contributed by atoms with van der Waals surface area (Å²) in [6.45, 7) is 0. The van der Waals surface area contributed by atoms with Crippen molar-refractivity contribution in [2.75, 3.05) is 11.1 Å². The Morgan fingerprint density at radius 3 is 2.35 bits per heavy atom. The highest BCUT2D eigenvalue weighted by atomic mass is 79.9. The van der Waals surface area contributed by atoms with Gasteiger partial charge in [-0.3, -0.25) is 0 Å². The standard InChI is InChI=1S/C17H10Br3N5O/c18-10-5-12(19)15(13(20)6-10)26-17-23-8-14(22)16(25-17)24-11-3-1-9(7-21)2-4-11/h1-6,8H,22H2,(H,23,24,25). The zero-order chi connectivity index (χ0) is 18.7. The minimum atomic E-state index is 0.138. The van der Waals surface area contributed by atoms with Crippen LogP contribution in [0.15, 0.2) is 56.0 Å². The molecule has 6 nitrogen and oxygen atoms in total. The van der Waals surface area contributed by atoms with Crippen molar-refractivity contribution in [2.45, 2.75) is 0 Å². The zero-order valence-corrected chi connectivity index (χ0v) is 17.8. The molecule has 3 N–H and O–H groups in total. The van der Waals surface area contributed by atoms with E-state index < -0.39 is 0 Å². The van der Waals surface area contributed by atoms with Crippen LogP contribution in [0.5, 0.6) is 11.8 Å². The summed E-state index contributed by atoms with van der Waals surface area (Å²) in [6.07, 6.45) is 1.47. The zero-order valence-electron chi connectivity index (χ0n) is 13.0. The van der Waals surface area contributed by atoms with Gasteiger partial charge in [-0.1, -0.05) is 15.9 Å². The fraction of sp³-hybridized carbons (Fsp3) is 0. The molecule has 0 atom stereocenters. The van der Waals surface area contributed by atoms with E-state index >= 15 is 0 Å². The molecular weight excluding hydrogens is 530 g/mol. The minimum absolute atomic E-state index is 0.138. The Hall–Kier alpha value is -2.15. The Bertz CT molecular complexity index is 979. The van der Waals surface area contributed by atoms with Crippen LogP contribution in [-0.2, 0) is 0 Å². The molecule has 3 rings (SSSR count). The molecule has 130 valence electrons. The molecule has 0 spiro atoms. The number of nitrogens with one attached hydrogen (secondary N) is 1. The van der Waals surface area contributed by atoms with Crippen LogP contribution in [0.3, 0.4) is 0 Å². The number of nitrogens with two attached hydrogens (primary N) is 1. The largest absolute Gasteiger partial charge is 0.422 e. The highest BCUT2D eigenvalue weighted by Gasteiger charge is 2.13. The summed E-state index contributed by atoms with van der Waals surface area (Å²) in [6, 6.07) is 12.9. The van der Waals surface area contributed by atoms with E-state index in [-0.39, 0.29) is 6.01 Å². The smallest absolute Gasteiger partial charge is 0.324 e. The molecule has 1 aromatic heterocycles. The van der Waals surface area contributed by atoms with E-state index in [1.807, 2.05) is 12.1 Å². The number of nitriles is 1. The molecule has 2 aromatic carbocycles. The lowest BCUT2D eigenvalue weighted by atomic mass is 10.2. The van der Waals surface area contributed by atoms with Gasteiger partial charge >= 0.3 is 6.01 Å². The Labute approximate surface area is 174 Å². The fourth-order valence-electron chi connectivity index (χ4n) is 2.01. The number of nitrogens with zero attached hydrogens (tertiary/aromatic N) is 3. The van der Waals surface area contributed by atoms with E-state index in [0.717, 1.165) is 19.1 Å². The average Bonchev–Trinajstić information content (AvgIpc) is 2.61. The monoisotopic (exact) mass is 537 g/mol. The van der Waals surface area contributed by atoms with Crippen molar-refractivity contribution in [3.05, 3.63) is 61.6 Å². The van der Waals surface area contributed by atoms with Gasteiger partial charge in [-0.05, 0) is 68.3 Å². The number of aromatic nitrogens is 2. The molecule has 3 aromatic rings. The van der Waals surface area contributed by atoms with Crippen molar-refractivity contribution >= 4 is 65.0 Å². The van der Waals surface area contributed by atoms with Crippen LogP contribution < -0.4 is 15.8 Å². The van der Waals surface area contributed by atoms with Crippen LogP contribution in [0, 0.1) is 11.3 Å². The molecule has 26 heavy (non-hydrogen) atoms. The molecule has 0 saturated heterocycles. The molecule has 0 unspecified atom stereocenters. The molecule has 1 heterocycles. The Balaban J connectivity index is 1.87. The SMILES string of the molecule is N#Cc1ccc(Nc2nc(Oc3c(Br)cc(Br)cc3Br)ncc2N)cc1. The third-order valence-corrected chi connectivity index (χ3v) is 4.86. The second-order valence-electron chi connectivity index (χ2n) is 5.07. The maximum absolute atomic E-state index is 8.86. The summed E-state index contributed by atoms with van der Waals surface area (Å²) in [4.78, 5) is 8.44. The normalized spacial score (nSPS) is 10.2. The van der Waals surface area contributed by atoms with Gasteiger partial charge in [-0.2, -0.15) is 10.2 Å². The number of halogens is 3. The van der Waals surface area contributed by atoms with Gasteiger partial charge in [0.15, 0.2) is 11.6 Å². The summed E-state index contributed by atoms with van der Waals surface area (Å²) in [5.41, 5.74) is 7.63. The van der Waals surface area contributed by atoms with Gasteiger partial charge in [0.2, 0.25) is 0 Å². The Kier molecular flexibility index (Phi) is 5.76. The summed E-state index contributed by atoms with van der Waals surface area (Å²) in [5.74, 6) is 0.950. The van der Waals surface area contributed by atoms with Crippen molar-refractivity contribution in [3.8, 4) is 17.8 Å². The van der Waals surface area contributed by atoms with Crippen molar-refractivity contribution in [3.63, 3.8) is 0 Å². The third kappa shape index (κ3) is 4.33. The molecule has 0 radical (unpaired) electrons. The topological polar surface area (TPSA) is 96.8 Å². The number of benzene rings is 2. The van der Waals surface area contributed by atoms with Crippen LogP contribution >= 0.6 is 47.8 Å². The summed E-state index contributed by atoms with van der Waals surface area (Å²) < 4.78 is 8.16. The van der Waals surface area contributed by atoms with Gasteiger partial charge in [-0.25, -0.2) is 4.98 Å². The van der Waals surface area contributed by atoms with Crippen molar-refractivity contribution in [2.24, 2.45) is 0 Å². The fourth-order valence-corrected chi connectivity index (χ4v) is 4.43. The van der Waals surface area contributed by atoms with E-state index in [0.29, 0.717) is 22.8 Å². The van der Waals surface area contributed by atoms with Crippen LogP contribution in [0.25, 0.3) is 0 Å². The third-order valence-electron chi connectivity index (χ3n) is 3.23. The van der Waals surface area contributed by atoms with Gasteiger partial charge in [-0.15, -0.1) is 0 Å². The average molecular weight is 540 g/mol. The van der Waals surface area contributed by atoms with Gasteiger partial charge in [0, 0.05) is 10.2 Å². The first-order valence-electron chi connectivity index (χ1n) is 7.18. The van der Waals surface area contributed by atoms with Crippen molar-refractivity contribution in [1.82, 2.24) is 9.97 Å². The maximum Gasteiger partial charge on any atom is 0.324 e. The number of ether oxygens (including phenoxy) is 1. The predicted octanol–water partition coefficient (Wildman–Crippen LogP) is 5.75. The maximum atomic E-state index is 8.86. The molecule has 0 fully saturated rings. The summed E-state index contributed by atoms with van der Waals surface area (Å²) in [5, 5.41) is 12.0. The van der Waals surface area contributed by atoms with E-state index in [2.05, 4.69) is 69.1 Å². The highest BCUT2D eigenvalue weighted by Crippen LogP contribution is 2.38. The van der Waals surface area contributed by atoms with E-state index in [1.54, 1.807) is 24.3 Å². The van der Waals surface area contributed by atoms with E-state index in [9.17, 15) is 0 Å². The second-order valence-corrected chi connectivity index (χ2v) is 7.70. The molecule has 0 aliphatic rings. The lowest BCUT2D eigenvalue weighted by Gasteiger charge is -2.12. The lowest BCUT2D eigenvalue weighted by molar-refractivity contribution is 0.437. The summed E-state index contributed by atoms with van der Waals surface area (Å²) in [7, 11) is 0. The van der Waals surface area contributed by atoms with Gasteiger partial charge in [0.1, 0.15) is 0 Å². The Morgan fingerprint density at radius 2 is 1.73 bits per heavy atom. The van der Waals surface area contributed by atoms with Crippen LogP contribution in [-0.4, -0.2) is 9.97 Å². The van der Waals surface area contributed by atoms with Crippen molar-refractivity contribution in [1.29, 1.82) is 5.26 Å². The number of anilines is 3. The van der Waals surface area contributed by atoms with Gasteiger partial charge in [0.25, 0.3) is 0 Å². The molecule has 0 amide bonds. The van der Waals surface area contributed by atoms with Crippen LogP contribution in [0.4, 0.5) is 17.2 Å². The van der Waals surface area contributed by atoms with E-state index in [4.69, 9.17) is 15.7 Å². The lowest BCUT2D eigenvalue weighted by Crippen LogP contribution is -2.02. The van der Waals surface area contributed by atoms with Gasteiger partial charge < -0.3 is 15.8 Å². The summed E-state index contributed by atoms with van der Waals surface area (Å²) >= 11 is 10.3. The first-order chi connectivity index (χ1) is 12.5. The molecule has 0 aliphatic carbocycles. The highest BCUT2D eigenvalue weighted by molar-refractivity contribution is 9.11. The minimum Gasteiger partial charge on any atom is -0.422 e.